The van der Waals surface area contributed by atoms with Gasteiger partial charge in [0.25, 0.3) is 0 Å². The predicted octanol–water partition coefficient (Wildman–Crippen LogP) is 4.42. The van der Waals surface area contributed by atoms with E-state index < -0.39 is 0 Å². The number of rotatable bonds is 6. The van der Waals surface area contributed by atoms with Crippen LogP contribution >= 0.6 is 0 Å². The largest absolute Gasteiger partial charge is 0.497 e. The number of aromatic nitrogens is 1. The normalized spacial score (nSPS) is 11.8. The molecule has 4 nitrogen and oxygen atoms in total. The molecule has 0 saturated carbocycles. The second-order valence-corrected chi connectivity index (χ2v) is 6.04. The second kappa shape index (κ2) is 7.71. The lowest BCUT2D eigenvalue weighted by Gasteiger charge is -2.20. The molecule has 3 rings (SSSR count). The third-order valence-electron chi connectivity index (χ3n) is 4.15. The lowest BCUT2D eigenvalue weighted by molar-refractivity contribution is -0.116. The molecule has 128 valence electrons. The molecule has 3 aromatic rings. The minimum absolute atomic E-state index is 0.0338. The molecule has 0 radical (unpaired) electrons. The Bertz CT molecular complexity index is 841. The maximum absolute atomic E-state index is 12.6. The Kier molecular flexibility index (Phi) is 5.19. The lowest BCUT2D eigenvalue weighted by atomic mass is 10.0. The molecule has 0 bridgehead atoms. The zero-order chi connectivity index (χ0) is 17.6. The van der Waals surface area contributed by atoms with E-state index in [1.807, 2.05) is 54.9 Å². The molecule has 1 N–H and O–H groups in total. The highest BCUT2D eigenvalue weighted by atomic mass is 16.5. The van der Waals surface area contributed by atoms with E-state index in [1.54, 1.807) is 7.11 Å². The number of benzene rings is 2. The SMILES string of the molecule is COc1cccc(NC(=O)CC(c2cccc(C)c2)n2cccc2)c1. The van der Waals surface area contributed by atoms with E-state index in [0.717, 1.165) is 17.0 Å². The third-order valence-corrected chi connectivity index (χ3v) is 4.15. The number of aryl methyl sites for hydroxylation is 1. The lowest BCUT2D eigenvalue weighted by Crippen LogP contribution is -2.19. The molecule has 1 unspecified atom stereocenters. The van der Waals surface area contributed by atoms with Crippen LogP contribution in [0.15, 0.2) is 73.1 Å². The second-order valence-electron chi connectivity index (χ2n) is 6.04. The van der Waals surface area contributed by atoms with Crippen molar-refractivity contribution in [1.82, 2.24) is 4.57 Å². The summed E-state index contributed by atoms with van der Waals surface area (Å²) in [4.78, 5) is 12.6. The van der Waals surface area contributed by atoms with Crippen LogP contribution < -0.4 is 10.1 Å². The van der Waals surface area contributed by atoms with Crippen LogP contribution in [0.3, 0.4) is 0 Å². The summed E-state index contributed by atoms with van der Waals surface area (Å²) in [5.74, 6) is 0.687. The minimum Gasteiger partial charge on any atom is -0.497 e. The molecule has 0 saturated heterocycles. The summed E-state index contributed by atoms with van der Waals surface area (Å²) in [6, 6.07) is 19.6. The van der Waals surface area contributed by atoms with Gasteiger partial charge in [-0.25, -0.2) is 0 Å². The molecular formula is C21H22N2O2. The Balaban J connectivity index is 1.79. The van der Waals surface area contributed by atoms with Gasteiger partial charge in [0.15, 0.2) is 0 Å². The molecular weight excluding hydrogens is 312 g/mol. The van der Waals surface area contributed by atoms with Crippen molar-refractivity contribution in [2.75, 3.05) is 12.4 Å². The van der Waals surface area contributed by atoms with Crippen LogP contribution in [0.1, 0.15) is 23.6 Å². The Morgan fingerprint density at radius 1 is 1.08 bits per heavy atom. The summed E-state index contributed by atoms with van der Waals surface area (Å²) in [5.41, 5.74) is 3.04. The average Bonchev–Trinajstić information content (AvgIpc) is 3.14. The van der Waals surface area contributed by atoms with E-state index in [1.165, 1.54) is 5.56 Å². The fourth-order valence-electron chi connectivity index (χ4n) is 2.92. The summed E-state index contributed by atoms with van der Waals surface area (Å²) in [7, 11) is 1.61. The highest BCUT2D eigenvalue weighted by molar-refractivity contribution is 5.91. The Hall–Kier alpha value is -3.01. The molecule has 2 aromatic carbocycles. The van der Waals surface area contributed by atoms with Crippen LogP contribution in [-0.4, -0.2) is 17.6 Å². The molecule has 4 heteroatoms. The Labute approximate surface area is 148 Å². The molecule has 0 aliphatic carbocycles. The van der Waals surface area contributed by atoms with E-state index >= 15 is 0 Å². The molecule has 1 amide bonds. The van der Waals surface area contributed by atoms with Gasteiger partial charge < -0.3 is 14.6 Å². The molecule has 25 heavy (non-hydrogen) atoms. The summed E-state index contributed by atoms with van der Waals surface area (Å²) >= 11 is 0. The zero-order valence-corrected chi connectivity index (χ0v) is 14.5. The molecule has 1 aromatic heterocycles. The highest BCUT2D eigenvalue weighted by Gasteiger charge is 2.17. The van der Waals surface area contributed by atoms with Crippen molar-refractivity contribution >= 4 is 11.6 Å². The van der Waals surface area contributed by atoms with E-state index in [0.29, 0.717) is 6.42 Å². The maximum Gasteiger partial charge on any atom is 0.226 e. The van der Waals surface area contributed by atoms with Crippen LogP contribution in [0, 0.1) is 6.92 Å². The molecule has 0 aliphatic rings. The van der Waals surface area contributed by atoms with Crippen molar-refractivity contribution in [3.63, 3.8) is 0 Å². The number of amides is 1. The number of nitrogens with zero attached hydrogens (tertiary/aromatic N) is 1. The molecule has 0 fully saturated rings. The first-order valence-corrected chi connectivity index (χ1v) is 8.28. The van der Waals surface area contributed by atoms with Gasteiger partial charge in [0, 0.05) is 24.1 Å². The quantitative estimate of drug-likeness (QED) is 0.725. The van der Waals surface area contributed by atoms with E-state index in [9.17, 15) is 4.79 Å². The van der Waals surface area contributed by atoms with Crippen molar-refractivity contribution in [3.8, 4) is 5.75 Å². The number of hydrogen-bond donors (Lipinski definition) is 1. The van der Waals surface area contributed by atoms with Crippen LogP contribution in [0.5, 0.6) is 5.75 Å². The molecule has 0 aliphatic heterocycles. The first-order valence-electron chi connectivity index (χ1n) is 8.28. The number of ether oxygens (including phenoxy) is 1. The van der Waals surface area contributed by atoms with Crippen molar-refractivity contribution < 1.29 is 9.53 Å². The van der Waals surface area contributed by atoms with Gasteiger partial charge in [0.1, 0.15) is 5.75 Å². The standard InChI is InChI=1S/C21H22N2O2/c1-16-7-5-8-17(13-16)20(23-11-3-4-12-23)15-21(24)22-18-9-6-10-19(14-18)25-2/h3-14,20H,15H2,1-2H3,(H,22,24). The summed E-state index contributed by atoms with van der Waals surface area (Å²) in [6.45, 7) is 2.06. The number of hydrogen-bond acceptors (Lipinski definition) is 2. The predicted molar refractivity (Wildman–Crippen MR) is 100.0 cm³/mol. The van der Waals surface area contributed by atoms with Gasteiger partial charge in [-0.05, 0) is 36.8 Å². The fraction of sp³-hybridized carbons (Fsp3) is 0.190. The summed E-state index contributed by atoms with van der Waals surface area (Å²) in [6.07, 6.45) is 4.34. The monoisotopic (exact) mass is 334 g/mol. The summed E-state index contributed by atoms with van der Waals surface area (Å²) < 4.78 is 7.27. The van der Waals surface area contributed by atoms with E-state index in [-0.39, 0.29) is 11.9 Å². The van der Waals surface area contributed by atoms with Crippen molar-refractivity contribution in [2.24, 2.45) is 0 Å². The molecule has 1 heterocycles. The first kappa shape index (κ1) is 16.8. The zero-order valence-electron chi connectivity index (χ0n) is 14.5. The van der Waals surface area contributed by atoms with E-state index in [4.69, 9.17) is 4.74 Å². The number of methoxy groups -OCH3 is 1. The smallest absolute Gasteiger partial charge is 0.226 e. The number of carbonyl (C=O) groups is 1. The first-order chi connectivity index (χ1) is 12.2. The van der Waals surface area contributed by atoms with Gasteiger partial charge in [0.2, 0.25) is 5.91 Å². The topological polar surface area (TPSA) is 43.3 Å². The highest BCUT2D eigenvalue weighted by Crippen LogP contribution is 2.24. The fourth-order valence-corrected chi connectivity index (χ4v) is 2.92. The van der Waals surface area contributed by atoms with Crippen LogP contribution in [0.25, 0.3) is 0 Å². The molecule has 0 spiro atoms. The van der Waals surface area contributed by atoms with Gasteiger partial charge in [0.05, 0.1) is 19.6 Å². The van der Waals surface area contributed by atoms with Gasteiger partial charge in [-0.1, -0.05) is 35.9 Å². The van der Waals surface area contributed by atoms with Crippen molar-refractivity contribution in [1.29, 1.82) is 0 Å². The maximum atomic E-state index is 12.6. The van der Waals surface area contributed by atoms with Gasteiger partial charge in [-0.15, -0.1) is 0 Å². The number of anilines is 1. The average molecular weight is 334 g/mol. The van der Waals surface area contributed by atoms with Crippen LogP contribution in [0.4, 0.5) is 5.69 Å². The number of carbonyl (C=O) groups excluding carboxylic acids is 1. The van der Waals surface area contributed by atoms with Crippen molar-refractivity contribution in [2.45, 2.75) is 19.4 Å². The van der Waals surface area contributed by atoms with Gasteiger partial charge in [-0.3, -0.25) is 4.79 Å². The van der Waals surface area contributed by atoms with E-state index in [2.05, 4.69) is 35.0 Å². The van der Waals surface area contributed by atoms with Crippen molar-refractivity contribution in [3.05, 3.63) is 84.2 Å². The number of nitrogens with one attached hydrogen (secondary N) is 1. The minimum atomic E-state index is -0.0412. The third kappa shape index (κ3) is 4.29. The Morgan fingerprint density at radius 2 is 1.84 bits per heavy atom. The van der Waals surface area contributed by atoms with Gasteiger partial charge >= 0.3 is 0 Å². The van der Waals surface area contributed by atoms with Gasteiger partial charge in [-0.2, -0.15) is 0 Å². The molecule has 1 atom stereocenters. The Morgan fingerprint density at radius 3 is 2.56 bits per heavy atom. The van der Waals surface area contributed by atoms with Crippen LogP contribution in [0.2, 0.25) is 0 Å². The van der Waals surface area contributed by atoms with Crippen LogP contribution in [-0.2, 0) is 4.79 Å². The summed E-state index contributed by atoms with van der Waals surface area (Å²) in [5, 5.41) is 2.96.